The molecule has 0 aliphatic carbocycles. The third-order valence-corrected chi connectivity index (χ3v) is 4.79. The van der Waals surface area contributed by atoms with E-state index in [1.807, 2.05) is 36.4 Å². The largest absolute Gasteiger partial charge is 0.385 e. The molecule has 0 spiro atoms. The van der Waals surface area contributed by atoms with Gasteiger partial charge in [0.05, 0.1) is 0 Å². The van der Waals surface area contributed by atoms with Crippen LogP contribution in [0, 0.1) is 0 Å². The van der Waals surface area contributed by atoms with Gasteiger partial charge in [-0.2, -0.15) is 0 Å². The lowest BCUT2D eigenvalue weighted by Gasteiger charge is -2.10. The van der Waals surface area contributed by atoms with E-state index in [4.69, 9.17) is 0 Å². The Morgan fingerprint density at radius 1 is 1.00 bits per heavy atom. The summed E-state index contributed by atoms with van der Waals surface area (Å²) in [6.07, 6.45) is 4.65. The second kappa shape index (κ2) is 8.48. The molecular weight excluding hydrogens is 362 g/mol. The highest BCUT2D eigenvalue weighted by atomic mass is 16.1. The summed E-state index contributed by atoms with van der Waals surface area (Å²) in [7, 11) is 1.59. The Bertz CT molecular complexity index is 1120. The first-order valence-electron chi connectivity index (χ1n) is 9.57. The van der Waals surface area contributed by atoms with Gasteiger partial charge in [-0.3, -0.25) is 9.78 Å². The quantitative estimate of drug-likeness (QED) is 0.382. The van der Waals surface area contributed by atoms with Gasteiger partial charge in [0, 0.05) is 54.0 Å². The molecule has 146 valence electrons. The molecule has 0 atom stereocenters. The summed E-state index contributed by atoms with van der Waals surface area (Å²) in [4.78, 5) is 19.1. The fourth-order valence-electron chi connectivity index (χ4n) is 3.28. The molecule has 4 aromatic rings. The molecule has 0 radical (unpaired) electrons. The zero-order chi connectivity index (χ0) is 20.1. The molecule has 2 aromatic heterocycles. The Kier molecular flexibility index (Phi) is 5.42. The van der Waals surface area contributed by atoms with Gasteiger partial charge in [-0.1, -0.05) is 18.2 Å². The highest BCUT2D eigenvalue weighted by Crippen LogP contribution is 2.20. The number of carbonyl (C=O) groups is 1. The second-order valence-electron chi connectivity index (χ2n) is 6.75. The zero-order valence-electron chi connectivity index (χ0n) is 16.2. The van der Waals surface area contributed by atoms with Gasteiger partial charge in [-0.05, 0) is 54.4 Å². The van der Waals surface area contributed by atoms with Gasteiger partial charge in [0.2, 0.25) is 0 Å². The first kappa shape index (κ1) is 18.6. The monoisotopic (exact) mass is 385 g/mol. The van der Waals surface area contributed by atoms with Crippen LogP contribution in [-0.2, 0) is 6.42 Å². The molecule has 1 amide bonds. The van der Waals surface area contributed by atoms with Gasteiger partial charge < -0.3 is 20.9 Å². The maximum Gasteiger partial charge on any atom is 0.269 e. The first-order valence-corrected chi connectivity index (χ1v) is 9.57. The Morgan fingerprint density at radius 2 is 1.79 bits per heavy atom. The predicted molar refractivity (Wildman–Crippen MR) is 118 cm³/mol. The van der Waals surface area contributed by atoms with Gasteiger partial charge >= 0.3 is 0 Å². The lowest BCUT2D eigenvalue weighted by Crippen LogP contribution is -2.19. The van der Waals surface area contributed by atoms with Crippen molar-refractivity contribution < 1.29 is 4.79 Å². The van der Waals surface area contributed by atoms with E-state index in [0.717, 1.165) is 30.0 Å². The van der Waals surface area contributed by atoms with Crippen LogP contribution < -0.4 is 16.0 Å². The number of fused-ring (bicyclic) bond motifs is 1. The van der Waals surface area contributed by atoms with E-state index in [9.17, 15) is 4.79 Å². The zero-order valence-corrected chi connectivity index (χ0v) is 16.2. The third kappa shape index (κ3) is 4.38. The highest BCUT2D eigenvalue weighted by Gasteiger charge is 2.06. The van der Waals surface area contributed by atoms with Crippen molar-refractivity contribution in [2.45, 2.75) is 6.42 Å². The van der Waals surface area contributed by atoms with Gasteiger partial charge in [0.25, 0.3) is 5.91 Å². The number of anilines is 3. The van der Waals surface area contributed by atoms with E-state index >= 15 is 0 Å². The van der Waals surface area contributed by atoms with Gasteiger partial charge in [-0.15, -0.1) is 0 Å². The predicted octanol–water partition coefficient (Wildman–Crippen LogP) is 4.32. The van der Waals surface area contributed by atoms with Crippen molar-refractivity contribution in [1.82, 2.24) is 15.3 Å². The van der Waals surface area contributed by atoms with E-state index in [1.54, 1.807) is 19.3 Å². The number of aromatic nitrogens is 2. The normalized spacial score (nSPS) is 10.7. The van der Waals surface area contributed by atoms with Crippen molar-refractivity contribution in [1.29, 1.82) is 0 Å². The van der Waals surface area contributed by atoms with Gasteiger partial charge in [0.1, 0.15) is 5.69 Å². The second-order valence-corrected chi connectivity index (χ2v) is 6.75. The standard InChI is InChI=1S/C23H23N5O/c1-24-23(29)22-14-19(11-13-26-22)28-18-8-6-17(7-9-18)25-12-10-16-15-27-21-5-3-2-4-20(16)21/h2-9,11,13-15,25,27H,10,12H2,1H3,(H,24,29)(H,26,28). The van der Waals surface area contributed by atoms with Crippen LogP contribution in [0.15, 0.2) is 73.1 Å². The lowest BCUT2D eigenvalue weighted by atomic mass is 10.1. The van der Waals surface area contributed by atoms with E-state index in [-0.39, 0.29) is 5.91 Å². The Hall–Kier alpha value is -3.80. The van der Waals surface area contributed by atoms with Gasteiger partial charge in [-0.25, -0.2) is 0 Å². The van der Waals surface area contributed by atoms with Crippen LogP contribution in [0.5, 0.6) is 0 Å². The number of nitrogens with zero attached hydrogens (tertiary/aromatic N) is 1. The minimum Gasteiger partial charge on any atom is -0.385 e. The van der Waals surface area contributed by atoms with E-state index in [0.29, 0.717) is 5.69 Å². The lowest BCUT2D eigenvalue weighted by molar-refractivity contribution is 0.0958. The molecule has 0 bridgehead atoms. The first-order chi connectivity index (χ1) is 14.2. The number of pyridine rings is 1. The van der Waals surface area contributed by atoms with Crippen molar-refractivity contribution in [3.63, 3.8) is 0 Å². The van der Waals surface area contributed by atoms with E-state index in [2.05, 4.69) is 50.3 Å². The van der Waals surface area contributed by atoms with Crippen LogP contribution in [-0.4, -0.2) is 29.5 Å². The number of nitrogens with one attached hydrogen (secondary N) is 4. The van der Waals surface area contributed by atoms with Crippen molar-refractivity contribution in [2.75, 3.05) is 24.2 Å². The molecule has 0 fully saturated rings. The summed E-state index contributed by atoms with van der Waals surface area (Å²) in [5.74, 6) is -0.205. The molecule has 2 heterocycles. The summed E-state index contributed by atoms with van der Waals surface area (Å²) >= 11 is 0. The molecule has 2 aromatic carbocycles. The average Bonchev–Trinajstić information content (AvgIpc) is 3.18. The maximum atomic E-state index is 11.7. The topological polar surface area (TPSA) is 81.8 Å². The maximum absolute atomic E-state index is 11.7. The van der Waals surface area contributed by atoms with Crippen LogP contribution in [0.4, 0.5) is 17.1 Å². The van der Waals surface area contributed by atoms with Crippen LogP contribution in [0.3, 0.4) is 0 Å². The van der Waals surface area contributed by atoms with Gasteiger partial charge in [0.15, 0.2) is 0 Å². The molecule has 0 saturated heterocycles. The van der Waals surface area contributed by atoms with Crippen molar-refractivity contribution in [3.05, 3.63) is 84.3 Å². The number of rotatable bonds is 7. The molecule has 4 N–H and O–H groups in total. The molecule has 0 aliphatic rings. The fourth-order valence-corrected chi connectivity index (χ4v) is 3.28. The molecule has 29 heavy (non-hydrogen) atoms. The van der Waals surface area contributed by atoms with E-state index in [1.165, 1.54) is 16.5 Å². The number of para-hydroxylation sites is 1. The van der Waals surface area contributed by atoms with Crippen molar-refractivity contribution >= 4 is 33.9 Å². The van der Waals surface area contributed by atoms with Crippen molar-refractivity contribution in [2.24, 2.45) is 0 Å². The molecule has 6 heteroatoms. The van der Waals surface area contributed by atoms with Crippen LogP contribution >= 0.6 is 0 Å². The summed E-state index contributed by atoms with van der Waals surface area (Å²) < 4.78 is 0. The number of aromatic amines is 1. The molecule has 4 rings (SSSR count). The molecular formula is C23H23N5O. The average molecular weight is 385 g/mol. The number of carbonyl (C=O) groups excluding carboxylic acids is 1. The van der Waals surface area contributed by atoms with Crippen LogP contribution in [0.1, 0.15) is 16.1 Å². The summed E-state index contributed by atoms with van der Waals surface area (Å²) in [6.45, 7) is 0.856. The minimum atomic E-state index is -0.205. The number of amides is 1. The smallest absolute Gasteiger partial charge is 0.269 e. The van der Waals surface area contributed by atoms with Crippen LogP contribution in [0.2, 0.25) is 0 Å². The van der Waals surface area contributed by atoms with Crippen molar-refractivity contribution in [3.8, 4) is 0 Å². The molecule has 0 unspecified atom stereocenters. The molecule has 0 saturated carbocycles. The SMILES string of the molecule is CNC(=O)c1cc(Nc2ccc(NCCc3c[nH]c4ccccc34)cc2)ccn1. The third-order valence-electron chi connectivity index (χ3n) is 4.79. The minimum absolute atomic E-state index is 0.205. The van der Waals surface area contributed by atoms with Crippen LogP contribution in [0.25, 0.3) is 10.9 Å². The Morgan fingerprint density at radius 3 is 2.62 bits per heavy atom. The number of hydrogen-bond donors (Lipinski definition) is 4. The highest BCUT2D eigenvalue weighted by molar-refractivity contribution is 5.93. The Balaban J connectivity index is 1.34. The fraction of sp³-hybridized carbons (Fsp3) is 0.130. The molecule has 6 nitrogen and oxygen atoms in total. The summed E-state index contributed by atoms with van der Waals surface area (Å²) in [5, 5.41) is 10.6. The Labute approximate surface area is 169 Å². The molecule has 0 aliphatic heterocycles. The number of H-pyrrole nitrogens is 1. The summed E-state index contributed by atoms with van der Waals surface area (Å²) in [5.41, 5.74) is 5.70. The summed E-state index contributed by atoms with van der Waals surface area (Å²) in [6, 6.07) is 20.0. The number of hydrogen-bond acceptors (Lipinski definition) is 4. The number of benzene rings is 2. The van der Waals surface area contributed by atoms with E-state index < -0.39 is 0 Å².